The van der Waals surface area contributed by atoms with Crippen molar-refractivity contribution in [3.63, 3.8) is 0 Å². The number of hydrogen-bond acceptors (Lipinski definition) is 4. The monoisotopic (exact) mass is 293 g/mol. The van der Waals surface area contributed by atoms with Gasteiger partial charge in [-0.1, -0.05) is 72.4 Å². The van der Waals surface area contributed by atoms with Crippen LogP contribution in [0.3, 0.4) is 0 Å². The molecule has 0 aliphatic heterocycles. The average Bonchev–Trinajstić information content (AvgIpc) is 2.57. The Kier molecular flexibility index (Phi) is 4.26. The highest BCUT2D eigenvalue weighted by molar-refractivity contribution is 7.98. The molecule has 1 aromatic heterocycles. The van der Waals surface area contributed by atoms with E-state index in [2.05, 4.69) is 63.7 Å². The first-order valence-electron chi connectivity index (χ1n) is 6.72. The predicted octanol–water partition coefficient (Wildman–Crippen LogP) is 3.77. The van der Waals surface area contributed by atoms with Crippen LogP contribution in [0.4, 0.5) is 0 Å². The minimum atomic E-state index is 0.0776. The van der Waals surface area contributed by atoms with Gasteiger partial charge < -0.3 is 0 Å². The Morgan fingerprint density at radius 3 is 1.95 bits per heavy atom. The highest BCUT2D eigenvalue weighted by Crippen LogP contribution is 2.30. The molecule has 0 aliphatic rings. The second-order valence-corrected chi connectivity index (χ2v) is 5.40. The third-order valence-electron chi connectivity index (χ3n) is 3.30. The quantitative estimate of drug-likeness (QED) is 0.686. The van der Waals surface area contributed by atoms with Crippen molar-refractivity contribution >= 4 is 11.8 Å². The topological polar surface area (TPSA) is 38.7 Å². The number of hydrogen-bond donors (Lipinski definition) is 0. The molecular formula is C17H15N3S. The van der Waals surface area contributed by atoms with Gasteiger partial charge in [0, 0.05) is 0 Å². The molecule has 3 aromatic rings. The second kappa shape index (κ2) is 6.50. The van der Waals surface area contributed by atoms with E-state index in [9.17, 15) is 0 Å². The first kappa shape index (κ1) is 13.8. The van der Waals surface area contributed by atoms with E-state index in [-0.39, 0.29) is 5.92 Å². The molecule has 104 valence electrons. The normalized spacial score (nSPS) is 10.8. The molecule has 0 bridgehead atoms. The zero-order valence-corrected chi connectivity index (χ0v) is 12.5. The minimum Gasteiger partial charge on any atom is -0.224 e. The molecule has 2 aromatic carbocycles. The molecule has 0 spiro atoms. The van der Waals surface area contributed by atoms with Crippen LogP contribution in [0.25, 0.3) is 0 Å². The molecule has 0 saturated carbocycles. The number of nitrogens with zero attached hydrogens (tertiary/aromatic N) is 3. The lowest BCUT2D eigenvalue weighted by Crippen LogP contribution is -2.07. The smallest absolute Gasteiger partial charge is 0.209 e. The van der Waals surface area contributed by atoms with E-state index in [1.807, 2.05) is 18.4 Å². The summed E-state index contributed by atoms with van der Waals surface area (Å²) in [4.78, 5) is 4.63. The van der Waals surface area contributed by atoms with Gasteiger partial charge in [0.2, 0.25) is 5.16 Å². The predicted molar refractivity (Wildman–Crippen MR) is 85.4 cm³/mol. The van der Waals surface area contributed by atoms with Gasteiger partial charge in [0.15, 0.2) is 0 Å². The Balaban J connectivity index is 2.12. The molecular weight excluding hydrogens is 278 g/mol. The van der Waals surface area contributed by atoms with Crippen molar-refractivity contribution in [3.05, 3.63) is 83.7 Å². The summed E-state index contributed by atoms with van der Waals surface area (Å²) in [7, 11) is 0. The van der Waals surface area contributed by atoms with Crippen LogP contribution in [0, 0.1) is 0 Å². The molecule has 0 atom stereocenters. The third kappa shape index (κ3) is 3.11. The van der Waals surface area contributed by atoms with Gasteiger partial charge in [-0.25, -0.2) is 4.98 Å². The van der Waals surface area contributed by atoms with Crippen molar-refractivity contribution in [2.75, 3.05) is 6.26 Å². The van der Waals surface area contributed by atoms with E-state index in [1.165, 1.54) is 22.9 Å². The van der Waals surface area contributed by atoms with Crippen molar-refractivity contribution in [1.82, 2.24) is 15.2 Å². The van der Waals surface area contributed by atoms with Gasteiger partial charge in [0.05, 0.1) is 17.8 Å². The fourth-order valence-corrected chi connectivity index (χ4v) is 2.68. The average molecular weight is 293 g/mol. The first-order valence-corrected chi connectivity index (χ1v) is 7.94. The van der Waals surface area contributed by atoms with E-state index in [4.69, 9.17) is 0 Å². The van der Waals surface area contributed by atoms with Crippen LogP contribution in [0.1, 0.15) is 22.7 Å². The third-order valence-corrected chi connectivity index (χ3v) is 3.84. The molecule has 0 aliphatic carbocycles. The van der Waals surface area contributed by atoms with Crippen LogP contribution in [0.5, 0.6) is 0 Å². The maximum atomic E-state index is 4.63. The molecule has 21 heavy (non-hydrogen) atoms. The lowest BCUT2D eigenvalue weighted by atomic mass is 9.89. The minimum absolute atomic E-state index is 0.0776. The molecule has 0 saturated heterocycles. The molecule has 0 amide bonds. The van der Waals surface area contributed by atoms with E-state index >= 15 is 0 Å². The fraction of sp³-hybridized carbons (Fsp3) is 0.118. The largest absolute Gasteiger partial charge is 0.224 e. The number of thioether (sulfide) groups is 1. The maximum absolute atomic E-state index is 4.63. The van der Waals surface area contributed by atoms with Crippen molar-refractivity contribution < 1.29 is 0 Å². The summed E-state index contributed by atoms with van der Waals surface area (Å²) in [5.41, 5.74) is 3.33. The molecule has 3 nitrogen and oxygen atoms in total. The zero-order chi connectivity index (χ0) is 14.5. The van der Waals surface area contributed by atoms with Crippen LogP contribution in [-0.4, -0.2) is 21.4 Å². The van der Waals surface area contributed by atoms with Crippen LogP contribution in [-0.2, 0) is 0 Å². The molecule has 0 fully saturated rings. The molecule has 0 N–H and O–H groups in total. The summed E-state index contributed by atoms with van der Waals surface area (Å²) in [5.74, 6) is 0.0776. The number of rotatable bonds is 4. The van der Waals surface area contributed by atoms with Gasteiger partial charge in [0.25, 0.3) is 0 Å². The first-order chi connectivity index (χ1) is 10.4. The second-order valence-electron chi connectivity index (χ2n) is 4.62. The zero-order valence-electron chi connectivity index (χ0n) is 11.7. The molecule has 3 rings (SSSR count). The SMILES string of the molecule is CSc1nncc(C(c2ccccc2)c2ccccc2)n1. The highest BCUT2D eigenvalue weighted by atomic mass is 32.2. The molecule has 0 unspecified atom stereocenters. The Morgan fingerprint density at radius 1 is 0.857 bits per heavy atom. The summed E-state index contributed by atoms with van der Waals surface area (Å²) in [5, 5.41) is 8.82. The summed E-state index contributed by atoms with van der Waals surface area (Å²) >= 11 is 1.51. The summed E-state index contributed by atoms with van der Waals surface area (Å²) < 4.78 is 0. The Bertz CT molecular complexity index is 662. The van der Waals surface area contributed by atoms with E-state index in [0.29, 0.717) is 5.16 Å². The van der Waals surface area contributed by atoms with Crippen molar-refractivity contribution in [2.45, 2.75) is 11.1 Å². The maximum Gasteiger partial charge on any atom is 0.209 e. The van der Waals surface area contributed by atoms with Crippen LogP contribution in [0.15, 0.2) is 72.0 Å². The lowest BCUT2D eigenvalue weighted by molar-refractivity contribution is 0.770. The summed E-state index contributed by atoms with van der Waals surface area (Å²) in [6, 6.07) is 20.7. The fourth-order valence-electron chi connectivity index (χ4n) is 2.35. The van der Waals surface area contributed by atoms with Gasteiger partial charge in [-0.05, 0) is 17.4 Å². The number of benzene rings is 2. The van der Waals surface area contributed by atoms with Gasteiger partial charge >= 0.3 is 0 Å². The molecule has 0 radical (unpaired) electrons. The van der Waals surface area contributed by atoms with Gasteiger partial charge in [-0.15, -0.1) is 5.10 Å². The summed E-state index contributed by atoms with van der Waals surface area (Å²) in [6.45, 7) is 0. The van der Waals surface area contributed by atoms with Gasteiger partial charge in [-0.2, -0.15) is 5.10 Å². The molecule has 4 heteroatoms. The van der Waals surface area contributed by atoms with Crippen molar-refractivity contribution in [2.24, 2.45) is 0 Å². The Morgan fingerprint density at radius 2 is 1.43 bits per heavy atom. The van der Waals surface area contributed by atoms with Gasteiger partial charge in [0.1, 0.15) is 0 Å². The number of aromatic nitrogens is 3. The van der Waals surface area contributed by atoms with Crippen molar-refractivity contribution in [1.29, 1.82) is 0 Å². The van der Waals surface area contributed by atoms with Crippen LogP contribution in [0.2, 0.25) is 0 Å². The lowest BCUT2D eigenvalue weighted by Gasteiger charge is -2.17. The molecule has 1 heterocycles. The standard InChI is InChI=1S/C17H15N3S/c1-21-17-19-15(12-18-20-17)16(13-8-4-2-5-9-13)14-10-6-3-7-11-14/h2-12,16H,1H3. The van der Waals surface area contributed by atoms with E-state index < -0.39 is 0 Å². The summed E-state index contributed by atoms with van der Waals surface area (Å²) in [6.07, 6.45) is 3.71. The van der Waals surface area contributed by atoms with Crippen LogP contribution < -0.4 is 0 Å². The van der Waals surface area contributed by atoms with E-state index in [0.717, 1.165) is 5.69 Å². The van der Waals surface area contributed by atoms with Gasteiger partial charge in [-0.3, -0.25) is 0 Å². The Labute approximate surface area is 128 Å². The highest BCUT2D eigenvalue weighted by Gasteiger charge is 2.18. The Hall–Kier alpha value is -2.20. The van der Waals surface area contributed by atoms with Crippen LogP contribution >= 0.6 is 11.8 Å². The van der Waals surface area contributed by atoms with E-state index in [1.54, 1.807) is 6.20 Å². The van der Waals surface area contributed by atoms with Crippen molar-refractivity contribution in [3.8, 4) is 0 Å².